The molecule has 3 aromatic heterocycles. The van der Waals surface area contributed by atoms with Crippen LogP contribution in [0, 0.1) is 0 Å². The summed E-state index contributed by atoms with van der Waals surface area (Å²) in [6.07, 6.45) is 7.38. The molecule has 2 aromatic carbocycles. The number of nitrogens with zero attached hydrogens (tertiary/aromatic N) is 3. The summed E-state index contributed by atoms with van der Waals surface area (Å²) in [6.45, 7) is 0. The Balaban J connectivity index is 1.41. The van der Waals surface area contributed by atoms with E-state index in [4.69, 9.17) is 4.74 Å². The maximum atomic E-state index is 12.6. The molecule has 1 amide bonds. The molecule has 0 radical (unpaired) electrons. The molecule has 0 saturated heterocycles. The van der Waals surface area contributed by atoms with E-state index in [0.717, 1.165) is 33.5 Å². The van der Waals surface area contributed by atoms with Crippen molar-refractivity contribution in [2.75, 3.05) is 12.4 Å². The average molecular weight is 397 g/mol. The van der Waals surface area contributed by atoms with E-state index in [2.05, 4.69) is 26.3 Å². The molecule has 0 bridgehead atoms. The largest absolute Gasteiger partial charge is 0.497 e. The monoisotopic (exact) mass is 397 g/mol. The summed E-state index contributed by atoms with van der Waals surface area (Å²) in [5.41, 5.74) is 4.41. The zero-order valence-electron chi connectivity index (χ0n) is 16.3. The van der Waals surface area contributed by atoms with Gasteiger partial charge >= 0.3 is 0 Å². The zero-order chi connectivity index (χ0) is 20.5. The second-order valence-corrected chi connectivity index (χ2v) is 7.00. The lowest BCUT2D eigenvalue weighted by Gasteiger charge is -2.08. The number of benzene rings is 2. The molecule has 0 unspecified atom stereocenters. The third-order valence-electron chi connectivity index (χ3n) is 5.01. The minimum absolute atomic E-state index is 0.128. The van der Waals surface area contributed by atoms with Crippen molar-refractivity contribution in [3.05, 3.63) is 78.9 Å². The van der Waals surface area contributed by atoms with Crippen molar-refractivity contribution in [1.82, 2.24) is 19.4 Å². The van der Waals surface area contributed by atoms with Crippen LogP contribution in [-0.4, -0.2) is 32.4 Å². The molecule has 5 aromatic rings. The van der Waals surface area contributed by atoms with Crippen LogP contribution in [0.25, 0.3) is 27.8 Å². The molecule has 3 heterocycles. The van der Waals surface area contributed by atoms with Crippen molar-refractivity contribution >= 4 is 28.3 Å². The van der Waals surface area contributed by atoms with Gasteiger partial charge in [0.25, 0.3) is 0 Å². The molecular weight excluding hydrogens is 378 g/mol. The van der Waals surface area contributed by atoms with Gasteiger partial charge in [-0.25, -0.2) is 4.98 Å². The molecule has 0 fully saturated rings. The number of hydrogen-bond acceptors (Lipinski definition) is 4. The zero-order valence-corrected chi connectivity index (χ0v) is 16.3. The fraction of sp³-hybridized carbons (Fsp3) is 0.0870. The number of hydrogen-bond donors (Lipinski definition) is 2. The Morgan fingerprint density at radius 1 is 1.13 bits per heavy atom. The molecule has 0 aliphatic carbocycles. The molecular formula is C23H19N5O2. The number of aromatic amines is 1. The van der Waals surface area contributed by atoms with Crippen LogP contribution in [0.4, 0.5) is 5.82 Å². The Hall–Kier alpha value is -4.13. The van der Waals surface area contributed by atoms with Crippen molar-refractivity contribution in [2.45, 2.75) is 6.42 Å². The third kappa shape index (κ3) is 3.37. The highest BCUT2D eigenvalue weighted by atomic mass is 16.5. The Morgan fingerprint density at radius 3 is 2.97 bits per heavy atom. The number of imidazole rings is 1. The van der Waals surface area contributed by atoms with Crippen LogP contribution >= 0.6 is 0 Å². The van der Waals surface area contributed by atoms with Gasteiger partial charge in [-0.1, -0.05) is 18.2 Å². The van der Waals surface area contributed by atoms with Crippen LogP contribution in [0.2, 0.25) is 0 Å². The number of H-pyrrole nitrogens is 1. The Kier molecular flexibility index (Phi) is 4.40. The first-order valence-corrected chi connectivity index (χ1v) is 9.53. The van der Waals surface area contributed by atoms with Gasteiger partial charge in [0, 0.05) is 28.9 Å². The predicted molar refractivity (Wildman–Crippen MR) is 116 cm³/mol. The number of carbonyl (C=O) groups excluding carboxylic acids is 1. The molecule has 0 aliphatic rings. The summed E-state index contributed by atoms with van der Waals surface area (Å²) in [4.78, 5) is 24.6. The molecule has 30 heavy (non-hydrogen) atoms. The fourth-order valence-electron chi connectivity index (χ4n) is 3.50. The van der Waals surface area contributed by atoms with Gasteiger partial charge in [0.2, 0.25) is 5.91 Å². The van der Waals surface area contributed by atoms with Gasteiger partial charge in [0.05, 0.1) is 31.6 Å². The van der Waals surface area contributed by atoms with Crippen LogP contribution in [0.1, 0.15) is 5.56 Å². The van der Waals surface area contributed by atoms with E-state index < -0.39 is 0 Å². The van der Waals surface area contributed by atoms with E-state index in [1.807, 2.05) is 59.3 Å². The van der Waals surface area contributed by atoms with Crippen molar-refractivity contribution < 1.29 is 9.53 Å². The van der Waals surface area contributed by atoms with Gasteiger partial charge in [-0.15, -0.1) is 0 Å². The predicted octanol–water partition coefficient (Wildman–Crippen LogP) is 4.07. The molecule has 148 valence electrons. The van der Waals surface area contributed by atoms with E-state index in [9.17, 15) is 4.79 Å². The molecule has 2 N–H and O–H groups in total. The van der Waals surface area contributed by atoms with Gasteiger partial charge in [-0.3, -0.25) is 14.2 Å². The number of methoxy groups -OCH3 is 1. The van der Waals surface area contributed by atoms with Crippen molar-refractivity contribution in [2.24, 2.45) is 0 Å². The average Bonchev–Trinajstić information content (AvgIpc) is 3.40. The SMILES string of the molecule is COc1cccc(CC(=O)Nc2cnc3cnc(-c4ccc5[nH]ccc5c4)cn23)c1. The van der Waals surface area contributed by atoms with E-state index in [-0.39, 0.29) is 12.3 Å². The topological polar surface area (TPSA) is 84.3 Å². The maximum Gasteiger partial charge on any atom is 0.229 e. The summed E-state index contributed by atoms with van der Waals surface area (Å²) in [5, 5.41) is 4.06. The highest BCUT2D eigenvalue weighted by Crippen LogP contribution is 2.24. The normalized spacial score (nSPS) is 11.1. The number of anilines is 1. The minimum Gasteiger partial charge on any atom is -0.497 e. The number of carbonyl (C=O) groups is 1. The molecule has 0 atom stereocenters. The molecule has 5 rings (SSSR count). The second kappa shape index (κ2) is 7.36. The smallest absolute Gasteiger partial charge is 0.229 e. The maximum absolute atomic E-state index is 12.6. The second-order valence-electron chi connectivity index (χ2n) is 7.00. The van der Waals surface area contributed by atoms with E-state index in [0.29, 0.717) is 11.5 Å². The molecule has 0 saturated carbocycles. The lowest BCUT2D eigenvalue weighted by molar-refractivity contribution is -0.115. The van der Waals surface area contributed by atoms with Gasteiger partial charge in [0.15, 0.2) is 5.65 Å². The summed E-state index contributed by atoms with van der Waals surface area (Å²) in [7, 11) is 1.61. The van der Waals surface area contributed by atoms with Crippen molar-refractivity contribution in [3.63, 3.8) is 0 Å². The van der Waals surface area contributed by atoms with Crippen LogP contribution in [0.15, 0.2) is 73.3 Å². The summed E-state index contributed by atoms with van der Waals surface area (Å²) >= 11 is 0. The van der Waals surface area contributed by atoms with Crippen LogP contribution < -0.4 is 10.1 Å². The number of amides is 1. The molecule has 7 heteroatoms. The van der Waals surface area contributed by atoms with E-state index in [1.165, 1.54) is 0 Å². The van der Waals surface area contributed by atoms with E-state index in [1.54, 1.807) is 19.5 Å². The van der Waals surface area contributed by atoms with Crippen LogP contribution in [-0.2, 0) is 11.2 Å². The Bertz CT molecular complexity index is 1370. The molecule has 0 aliphatic heterocycles. The van der Waals surface area contributed by atoms with Gasteiger partial charge in [-0.2, -0.15) is 0 Å². The quantitative estimate of drug-likeness (QED) is 0.468. The van der Waals surface area contributed by atoms with Gasteiger partial charge in [0.1, 0.15) is 11.6 Å². The van der Waals surface area contributed by atoms with E-state index >= 15 is 0 Å². The highest BCUT2D eigenvalue weighted by Gasteiger charge is 2.11. The highest BCUT2D eigenvalue weighted by molar-refractivity contribution is 5.92. The summed E-state index contributed by atoms with van der Waals surface area (Å²) < 4.78 is 7.06. The van der Waals surface area contributed by atoms with Crippen LogP contribution in [0.5, 0.6) is 5.75 Å². The minimum atomic E-state index is -0.128. The first kappa shape index (κ1) is 17.9. The number of ether oxygens (including phenoxy) is 1. The molecule has 7 nitrogen and oxygen atoms in total. The lowest BCUT2D eigenvalue weighted by atomic mass is 10.1. The Morgan fingerprint density at radius 2 is 2.07 bits per heavy atom. The summed E-state index contributed by atoms with van der Waals surface area (Å²) in [6, 6.07) is 15.6. The van der Waals surface area contributed by atoms with Crippen molar-refractivity contribution in [3.8, 4) is 17.0 Å². The number of rotatable bonds is 5. The fourth-order valence-corrected chi connectivity index (χ4v) is 3.50. The van der Waals surface area contributed by atoms with Crippen molar-refractivity contribution in [1.29, 1.82) is 0 Å². The number of aromatic nitrogens is 4. The van der Waals surface area contributed by atoms with Gasteiger partial charge in [-0.05, 0) is 35.9 Å². The number of fused-ring (bicyclic) bond motifs is 2. The Labute approximate surface area is 172 Å². The summed E-state index contributed by atoms with van der Waals surface area (Å²) in [5.74, 6) is 1.20. The number of nitrogens with one attached hydrogen (secondary N) is 2. The lowest BCUT2D eigenvalue weighted by Crippen LogP contribution is -2.15. The first-order valence-electron chi connectivity index (χ1n) is 9.53. The molecule has 0 spiro atoms. The first-order chi connectivity index (χ1) is 14.7. The third-order valence-corrected chi connectivity index (χ3v) is 5.01. The van der Waals surface area contributed by atoms with Gasteiger partial charge < -0.3 is 15.0 Å². The van der Waals surface area contributed by atoms with Crippen LogP contribution in [0.3, 0.4) is 0 Å². The standard InChI is InChI=1S/C23H19N5O2/c1-30-18-4-2-3-15(9-18)10-23(29)27-22-13-26-21-12-25-20(14-28(21)22)16-5-6-19-17(11-16)7-8-24-19/h2-9,11-14,24H,10H2,1H3,(H,27,29).